The summed E-state index contributed by atoms with van der Waals surface area (Å²) < 4.78 is 28.9. The first-order chi connectivity index (χ1) is 22.8. The molecular weight excluding hydrogens is 632 g/mol. The van der Waals surface area contributed by atoms with Crippen LogP contribution in [-0.2, 0) is 27.8 Å². The summed E-state index contributed by atoms with van der Waals surface area (Å²) in [6.07, 6.45) is 4.03. The van der Waals surface area contributed by atoms with Gasteiger partial charge in [0.2, 0.25) is 15.9 Å². The van der Waals surface area contributed by atoms with Crippen molar-refractivity contribution in [3.63, 3.8) is 0 Å². The van der Waals surface area contributed by atoms with Crippen molar-refractivity contribution in [2.24, 2.45) is 17.0 Å². The van der Waals surface area contributed by atoms with E-state index in [0.29, 0.717) is 18.5 Å². The van der Waals surface area contributed by atoms with E-state index in [9.17, 15) is 23.1 Å². The van der Waals surface area contributed by atoms with Crippen molar-refractivity contribution in [2.75, 3.05) is 20.1 Å². The zero-order valence-electron chi connectivity index (χ0n) is 28.2. The summed E-state index contributed by atoms with van der Waals surface area (Å²) in [5.74, 6) is -0.789. The van der Waals surface area contributed by atoms with Gasteiger partial charge in [0.15, 0.2) is 0 Å². The molecule has 0 aliphatic rings. The lowest BCUT2D eigenvalue weighted by atomic mass is 9.96. The van der Waals surface area contributed by atoms with Crippen molar-refractivity contribution < 1.29 is 28.3 Å². The minimum atomic E-state index is -4.06. The molecule has 0 radical (unpaired) electrons. The highest BCUT2D eigenvalue weighted by molar-refractivity contribution is 7.89. The molecule has 2 unspecified atom stereocenters. The van der Waals surface area contributed by atoms with Crippen LogP contribution in [0.25, 0.3) is 0 Å². The molecule has 1 aromatic heterocycles. The van der Waals surface area contributed by atoms with Crippen molar-refractivity contribution in [2.45, 2.75) is 70.2 Å². The molecule has 48 heavy (non-hydrogen) atoms. The van der Waals surface area contributed by atoms with E-state index in [1.807, 2.05) is 64.1 Å². The Hall–Kier alpha value is -4.33. The number of nitrogens with zero attached hydrogens (tertiary/aromatic N) is 4. The summed E-state index contributed by atoms with van der Waals surface area (Å²) in [5.41, 5.74) is 2.19. The predicted octanol–water partition coefficient (Wildman–Crippen LogP) is 3.88. The number of carbonyl (C=O) groups is 2. The van der Waals surface area contributed by atoms with Crippen molar-refractivity contribution in [1.29, 1.82) is 0 Å². The number of nitrogens with one attached hydrogen (secondary N) is 2. The van der Waals surface area contributed by atoms with E-state index in [-0.39, 0.29) is 36.2 Å². The van der Waals surface area contributed by atoms with Gasteiger partial charge in [-0.05, 0) is 53.1 Å². The van der Waals surface area contributed by atoms with Gasteiger partial charge in [-0.3, -0.25) is 9.78 Å². The van der Waals surface area contributed by atoms with Gasteiger partial charge in [0.05, 0.1) is 23.3 Å². The SMILES string of the molecule is CCC(C)C(NC(=O)N(C)Cc1cccnc1)C(=O)N[C@@H](Cc1ccccc1)[C@H](O)CN(CC(C)C)S(=O)(=O)c1ccc(/C=N/O)cc1. The number of aliphatic hydroxyl groups is 1. The van der Waals surface area contributed by atoms with Crippen LogP contribution in [0.15, 0.2) is 89.2 Å². The number of pyridine rings is 1. The second-order valence-corrected chi connectivity index (χ2v) is 14.4. The highest BCUT2D eigenvalue weighted by atomic mass is 32.2. The lowest BCUT2D eigenvalue weighted by molar-refractivity contribution is -0.125. The molecule has 1 heterocycles. The highest BCUT2D eigenvalue weighted by Gasteiger charge is 2.34. The lowest BCUT2D eigenvalue weighted by Gasteiger charge is -2.33. The first-order valence-electron chi connectivity index (χ1n) is 16.1. The number of amides is 3. The lowest BCUT2D eigenvalue weighted by Crippen LogP contribution is -2.58. The van der Waals surface area contributed by atoms with E-state index >= 15 is 0 Å². The zero-order valence-corrected chi connectivity index (χ0v) is 29.0. The second-order valence-electron chi connectivity index (χ2n) is 12.4. The van der Waals surface area contributed by atoms with Crippen LogP contribution in [0.3, 0.4) is 0 Å². The molecule has 12 nitrogen and oxygen atoms in total. The van der Waals surface area contributed by atoms with Crippen LogP contribution in [0.4, 0.5) is 4.79 Å². The Morgan fingerprint density at radius 3 is 2.21 bits per heavy atom. The van der Waals surface area contributed by atoms with Crippen molar-refractivity contribution in [3.05, 3.63) is 95.8 Å². The second kappa shape index (κ2) is 18.3. The number of hydrogen-bond donors (Lipinski definition) is 4. The average molecular weight is 681 g/mol. The van der Waals surface area contributed by atoms with Gasteiger partial charge >= 0.3 is 6.03 Å². The molecule has 3 rings (SSSR count). The van der Waals surface area contributed by atoms with E-state index in [2.05, 4.69) is 20.8 Å². The highest BCUT2D eigenvalue weighted by Crippen LogP contribution is 2.20. The Balaban J connectivity index is 1.86. The standard InChI is InChI=1S/C35H48N6O6S/c1-6-26(4)33(39-35(44)40(5)23-29-13-10-18-36-20-29)34(43)38-31(19-27-11-8-7-9-12-27)32(42)24-41(22-25(2)3)48(46,47)30-16-14-28(15-17-30)21-37-45/h7-18,20-21,25-26,31-33,42,45H,6,19,22-24H2,1-5H3,(H,38,43)(H,39,44)/b37-21+/t26?,31-,32+,33?/m0/s1. The number of aromatic nitrogens is 1. The Labute approximate surface area is 283 Å². The molecule has 260 valence electrons. The van der Waals surface area contributed by atoms with Crippen molar-refractivity contribution in [1.82, 2.24) is 24.8 Å². The molecule has 4 N–H and O–H groups in total. The van der Waals surface area contributed by atoms with Crippen LogP contribution in [0.2, 0.25) is 0 Å². The third kappa shape index (κ3) is 11.1. The van der Waals surface area contributed by atoms with Crippen molar-refractivity contribution >= 4 is 28.2 Å². The Kier molecular flexibility index (Phi) is 14.5. The summed E-state index contributed by atoms with van der Waals surface area (Å²) >= 11 is 0. The van der Waals surface area contributed by atoms with Gasteiger partial charge in [-0.2, -0.15) is 4.31 Å². The van der Waals surface area contributed by atoms with Gasteiger partial charge in [0.25, 0.3) is 0 Å². The molecule has 0 fully saturated rings. The molecule has 3 amide bonds. The minimum absolute atomic E-state index is 0.0176. The first kappa shape index (κ1) is 38.1. The van der Waals surface area contributed by atoms with Gasteiger partial charge in [0, 0.05) is 39.1 Å². The zero-order chi connectivity index (χ0) is 35.3. The van der Waals surface area contributed by atoms with Gasteiger partial charge in [-0.15, -0.1) is 0 Å². The number of hydrogen-bond acceptors (Lipinski definition) is 8. The van der Waals surface area contributed by atoms with Crippen LogP contribution in [0.5, 0.6) is 0 Å². The molecule has 0 saturated carbocycles. The maximum atomic E-state index is 13.9. The molecule has 0 aliphatic carbocycles. The third-order valence-electron chi connectivity index (χ3n) is 8.04. The molecular formula is C35H48N6O6S. The molecule has 0 saturated heterocycles. The number of benzene rings is 2. The number of carbonyl (C=O) groups excluding carboxylic acids is 2. The fourth-order valence-corrected chi connectivity index (χ4v) is 6.78. The Morgan fingerprint density at radius 2 is 1.62 bits per heavy atom. The average Bonchev–Trinajstić information content (AvgIpc) is 3.07. The van der Waals surface area contributed by atoms with E-state index < -0.39 is 40.1 Å². The summed E-state index contributed by atoms with van der Waals surface area (Å²) in [6, 6.07) is 16.6. The molecule has 2 aromatic carbocycles. The summed E-state index contributed by atoms with van der Waals surface area (Å²) in [5, 5.41) is 29.3. The number of urea groups is 1. The van der Waals surface area contributed by atoms with E-state index in [1.54, 1.807) is 25.5 Å². The van der Waals surface area contributed by atoms with Crippen LogP contribution in [0, 0.1) is 11.8 Å². The number of oxime groups is 1. The monoisotopic (exact) mass is 680 g/mol. The minimum Gasteiger partial charge on any atom is -0.411 e. The van der Waals surface area contributed by atoms with Gasteiger partial charge in [-0.1, -0.05) is 87.8 Å². The maximum Gasteiger partial charge on any atom is 0.318 e. The largest absolute Gasteiger partial charge is 0.411 e. The Morgan fingerprint density at radius 1 is 0.958 bits per heavy atom. The van der Waals surface area contributed by atoms with Gasteiger partial charge < -0.3 is 25.8 Å². The van der Waals surface area contributed by atoms with E-state index in [4.69, 9.17) is 5.21 Å². The number of aliphatic hydroxyl groups excluding tert-OH is 1. The van der Waals surface area contributed by atoms with E-state index in [1.165, 1.54) is 39.7 Å². The number of sulfonamides is 1. The number of rotatable bonds is 17. The summed E-state index contributed by atoms with van der Waals surface area (Å²) in [4.78, 5) is 32.7. The molecule has 3 aromatic rings. The summed E-state index contributed by atoms with van der Waals surface area (Å²) in [7, 11) is -2.42. The maximum absolute atomic E-state index is 13.9. The van der Waals surface area contributed by atoms with Gasteiger partial charge in [0.1, 0.15) is 6.04 Å². The molecule has 0 bridgehead atoms. The molecule has 0 aliphatic heterocycles. The quantitative estimate of drug-likeness (QED) is 0.0955. The normalized spacial score (nSPS) is 14.4. The Bertz CT molecular complexity index is 1570. The molecule has 4 atom stereocenters. The fraction of sp³-hybridized carbons (Fsp3) is 0.429. The van der Waals surface area contributed by atoms with Crippen LogP contribution in [-0.4, -0.2) is 89.4 Å². The van der Waals surface area contributed by atoms with Crippen LogP contribution >= 0.6 is 0 Å². The topological polar surface area (TPSA) is 165 Å². The molecule has 13 heteroatoms. The van der Waals surface area contributed by atoms with Crippen LogP contribution < -0.4 is 10.6 Å². The summed E-state index contributed by atoms with van der Waals surface area (Å²) in [6.45, 7) is 7.68. The first-order valence-corrected chi connectivity index (χ1v) is 17.5. The van der Waals surface area contributed by atoms with Gasteiger partial charge in [-0.25, -0.2) is 13.2 Å². The fourth-order valence-electron chi connectivity index (χ4n) is 5.16. The predicted molar refractivity (Wildman–Crippen MR) is 185 cm³/mol. The third-order valence-corrected chi connectivity index (χ3v) is 9.88. The smallest absolute Gasteiger partial charge is 0.318 e. The molecule has 0 spiro atoms. The van der Waals surface area contributed by atoms with Crippen LogP contribution in [0.1, 0.15) is 50.8 Å². The van der Waals surface area contributed by atoms with E-state index in [0.717, 1.165) is 11.1 Å². The van der Waals surface area contributed by atoms with Crippen molar-refractivity contribution in [3.8, 4) is 0 Å².